The Kier molecular flexibility index (Phi) is 5.22. The number of carbonyl (C=O) groups is 1. The fourth-order valence-electron chi connectivity index (χ4n) is 1.15. The Hall–Kier alpha value is -1.29. The third-order valence-electron chi connectivity index (χ3n) is 2.06. The van der Waals surface area contributed by atoms with Crippen molar-refractivity contribution in [3.8, 4) is 5.75 Å². The van der Waals surface area contributed by atoms with Crippen LogP contribution >= 0.6 is 15.9 Å². The molecular formula is C13H16BrNO2. The summed E-state index contributed by atoms with van der Waals surface area (Å²) in [6, 6.07) is 7.36. The van der Waals surface area contributed by atoms with Crippen LogP contribution in [0, 0.1) is 0 Å². The van der Waals surface area contributed by atoms with Gasteiger partial charge >= 0.3 is 0 Å². The normalized spacial score (nSPS) is 11.7. The fraction of sp³-hybridized carbons (Fsp3) is 0.308. The van der Waals surface area contributed by atoms with Crippen LogP contribution in [0.25, 0.3) is 0 Å². The number of benzene rings is 1. The minimum Gasteiger partial charge on any atom is -0.481 e. The van der Waals surface area contributed by atoms with E-state index in [9.17, 15) is 4.79 Å². The Morgan fingerprint density at radius 3 is 2.59 bits per heavy atom. The van der Waals surface area contributed by atoms with Gasteiger partial charge in [-0.1, -0.05) is 28.1 Å². The van der Waals surface area contributed by atoms with Gasteiger partial charge in [-0.3, -0.25) is 4.79 Å². The Labute approximate surface area is 110 Å². The predicted molar refractivity (Wildman–Crippen MR) is 72.1 cm³/mol. The smallest absolute Gasteiger partial charge is 0.261 e. The van der Waals surface area contributed by atoms with Gasteiger partial charge in [0.05, 0.1) is 0 Å². The zero-order valence-corrected chi connectivity index (χ0v) is 11.6. The number of carbonyl (C=O) groups excluding carboxylic acids is 1. The molecule has 0 aliphatic heterocycles. The summed E-state index contributed by atoms with van der Waals surface area (Å²) in [4.78, 5) is 11.6. The Balaban J connectivity index is 2.48. The summed E-state index contributed by atoms with van der Waals surface area (Å²) >= 11 is 3.34. The molecule has 4 heteroatoms. The highest BCUT2D eigenvalue weighted by Gasteiger charge is 2.13. The standard InChI is InChI=1S/C13H16BrNO2/c1-9(2)8-15-13(16)10(3)17-12-6-4-11(14)5-7-12/h4-7,10H,1,8H2,2-3H3,(H,15,16). The first-order chi connectivity index (χ1) is 7.99. The summed E-state index contributed by atoms with van der Waals surface area (Å²) in [5, 5.41) is 2.74. The van der Waals surface area contributed by atoms with Crippen molar-refractivity contribution in [2.24, 2.45) is 0 Å². The molecule has 1 rings (SSSR count). The van der Waals surface area contributed by atoms with E-state index in [1.165, 1.54) is 0 Å². The molecule has 1 atom stereocenters. The maximum Gasteiger partial charge on any atom is 0.261 e. The minimum absolute atomic E-state index is 0.143. The molecule has 17 heavy (non-hydrogen) atoms. The van der Waals surface area contributed by atoms with Crippen LogP contribution in [0.15, 0.2) is 40.9 Å². The molecule has 1 N–H and O–H groups in total. The third-order valence-corrected chi connectivity index (χ3v) is 2.59. The molecule has 0 saturated carbocycles. The van der Waals surface area contributed by atoms with Crippen molar-refractivity contribution in [1.29, 1.82) is 0 Å². The number of hydrogen-bond donors (Lipinski definition) is 1. The second-order valence-corrected chi connectivity index (χ2v) is 4.80. The van der Waals surface area contributed by atoms with Gasteiger partial charge in [0.2, 0.25) is 0 Å². The van der Waals surface area contributed by atoms with Crippen LogP contribution in [0.5, 0.6) is 5.75 Å². The molecule has 1 amide bonds. The number of amides is 1. The topological polar surface area (TPSA) is 38.3 Å². The number of hydrogen-bond acceptors (Lipinski definition) is 2. The molecule has 1 unspecified atom stereocenters. The largest absolute Gasteiger partial charge is 0.481 e. The van der Waals surface area contributed by atoms with Crippen LogP contribution in [-0.2, 0) is 4.79 Å². The van der Waals surface area contributed by atoms with E-state index in [0.717, 1.165) is 10.0 Å². The summed E-state index contributed by atoms with van der Waals surface area (Å²) in [6.45, 7) is 7.78. The van der Waals surface area contributed by atoms with Crippen molar-refractivity contribution in [3.05, 3.63) is 40.9 Å². The summed E-state index contributed by atoms with van der Waals surface area (Å²) in [5.74, 6) is 0.530. The van der Waals surface area contributed by atoms with Crippen LogP contribution in [0.1, 0.15) is 13.8 Å². The van der Waals surface area contributed by atoms with Crippen LogP contribution < -0.4 is 10.1 Å². The first kappa shape index (κ1) is 13.8. The van der Waals surface area contributed by atoms with Crippen molar-refractivity contribution >= 4 is 21.8 Å². The lowest BCUT2D eigenvalue weighted by molar-refractivity contribution is -0.127. The molecule has 92 valence electrons. The summed E-state index contributed by atoms with van der Waals surface area (Å²) in [7, 11) is 0. The monoisotopic (exact) mass is 297 g/mol. The molecule has 0 aliphatic rings. The second-order valence-electron chi connectivity index (χ2n) is 3.89. The highest BCUT2D eigenvalue weighted by atomic mass is 79.9. The lowest BCUT2D eigenvalue weighted by Crippen LogP contribution is -2.37. The molecule has 0 saturated heterocycles. The van der Waals surface area contributed by atoms with E-state index in [0.29, 0.717) is 12.3 Å². The lowest BCUT2D eigenvalue weighted by atomic mass is 10.3. The summed E-state index contributed by atoms with van der Waals surface area (Å²) in [6.07, 6.45) is -0.518. The van der Waals surface area contributed by atoms with E-state index >= 15 is 0 Å². The van der Waals surface area contributed by atoms with Crippen molar-refractivity contribution in [2.75, 3.05) is 6.54 Å². The van der Waals surface area contributed by atoms with Crippen molar-refractivity contribution in [1.82, 2.24) is 5.32 Å². The maximum absolute atomic E-state index is 11.6. The van der Waals surface area contributed by atoms with Gasteiger partial charge in [-0.15, -0.1) is 0 Å². The fourth-order valence-corrected chi connectivity index (χ4v) is 1.42. The Bertz CT molecular complexity index is 400. The van der Waals surface area contributed by atoms with Crippen LogP contribution in [0.3, 0.4) is 0 Å². The molecule has 0 bridgehead atoms. The molecule has 3 nitrogen and oxygen atoms in total. The van der Waals surface area contributed by atoms with Crippen LogP contribution in [0.4, 0.5) is 0 Å². The number of nitrogens with one attached hydrogen (secondary N) is 1. The van der Waals surface area contributed by atoms with Crippen molar-refractivity contribution in [2.45, 2.75) is 20.0 Å². The molecule has 0 radical (unpaired) electrons. The molecule has 0 aromatic heterocycles. The van der Waals surface area contributed by atoms with E-state index in [1.807, 2.05) is 31.2 Å². The zero-order chi connectivity index (χ0) is 12.8. The third kappa shape index (κ3) is 5.04. The second kappa shape index (κ2) is 6.45. The van der Waals surface area contributed by atoms with E-state index in [1.54, 1.807) is 6.92 Å². The van der Waals surface area contributed by atoms with E-state index in [4.69, 9.17) is 4.74 Å². The first-order valence-electron chi connectivity index (χ1n) is 5.33. The van der Waals surface area contributed by atoms with Gasteiger partial charge in [-0.05, 0) is 38.1 Å². The number of rotatable bonds is 5. The molecule has 1 aromatic rings. The van der Waals surface area contributed by atoms with Crippen molar-refractivity contribution < 1.29 is 9.53 Å². The lowest BCUT2D eigenvalue weighted by Gasteiger charge is -2.14. The van der Waals surface area contributed by atoms with Gasteiger partial charge in [-0.2, -0.15) is 0 Å². The van der Waals surface area contributed by atoms with Crippen LogP contribution in [-0.4, -0.2) is 18.6 Å². The molecule has 1 aromatic carbocycles. The maximum atomic E-state index is 11.6. The predicted octanol–water partition coefficient (Wildman–Crippen LogP) is 2.91. The average molecular weight is 298 g/mol. The summed E-state index contributed by atoms with van der Waals surface area (Å²) in [5.41, 5.74) is 0.911. The average Bonchev–Trinajstić information content (AvgIpc) is 2.28. The van der Waals surface area contributed by atoms with Gasteiger partial charge in [-0.25, -0.2) is 0 Å². The molecule has 0 aliphatic carbocycles. The molecular weight excluding hydrogens is 282 g/mol. The Morgan fingerprint density at radius 2 is 2.06 bits per heavy atom. The highest BCUT2D eigenvalue weighted by molar-refractivity contribution is 9.10. The van der Waals surface area contributed by atoms with Gasteiger partial charge < -0.3 is 10.1 Å². The number of ether oxygens (including phenoxy) is 1. The SMILES string of the molecule is C=C(C)CNC(=O)C(C)Oc1ccc(Br)cc1. The van der Waals surface area contributed by atoms with Gasteiger partial charge in [0.1, 0.15) is 5.75 Å². The summed E-state index contributed by atoms with van der Waals surface area (Å²) < 4.78 is 6.48. The van der Waals surface area contributed by atoms with Gasteiger partial charge in [0.25, 0.3) is 5.91 Å². The van der Waals surface area contributed by atoms with E-state index in [-0.39, 0.29) is 5.91 Å². The van der Waals surface area contributed by atoms with Crippen LogP contribution in [0.2, 0.25) is 0 Å². The first-order valence-corrected chi connectivity index (χ1v) is 6.12. The Morgan fingerprint density at radius 1 is 1.47 bits per heavy atom. The minimum atomic E-state index is -0.518. The van der Waals surface area contributed by atoms with Gasteiger partial charge in [0, 0.05) is 11.0 Å². The molecule has 0 fully saturated rings. The van der Waals surface area contributed by atoms with E-state index < -0.39 is 6.10 Å². The van der Waals surface area contributed by atoms with Crippen molar-refractivity contribution in [3.63, 3.8) is 0 Å². The molecule has 0 spiro atoms. The molecule has 0 heterocycles. The van der Waals surface area contributed by atoms with Gasteiger partial charge in [0.15, 0.2) is 6.10 Å². The zero-order valence-electron chi connectivity index (χ0n) is 10.00. The number of halogens is 1. The van der Waals surface area contributed by atoms with E-state index in [2.05, 4.69) is 27.8 Å². The highest BCUT2D eigenvalue weighted by Crippen LogP contribution is 2.17. The quantitative estimate of drug-likeness (QED) is 0.849.